The van der Waals surface area contributed by atoms with Gasteiger partial charge in [-0.05, 0) is 83.9 Å². The molecule has 5 heteroatoms. The minimum Gasteiger partial charge on any atom is -0.450 e. The van der Waals surface area contributed by atoms with E-state index in [9.17, 15) is 0 Å². The van der Waals surface area contributed by atoms with E-state index < -0.39 is 0 Å². The topological polar surface area (TPSA) is 24.9 Å². The molecule has 0 bridgehead atoms. The predicted molar refractivity (Wildman–Crippen MR) is 221 cm³/mol. The fourth-order valence-electron chi connectivity index (χ4n) is 7.24. The Morgan fingerprint density at radius 3 is 1.34 bits per heavy atom. The maximum atomic E-state index is 6.38. The van der Waals surface area contributed by atoms with E-state index in [0.717, 1.165) is 39.9 Å². The molecular weight excluding hydrogens is 669 g/mol. The largest absolute Gasteiger partial charge is 0.450 e. The summed E-state index contributed by atoms with van der Waals surface area (Å²) < 4.78 is 15.0. The predicted octanol–water partition coefficient (Wildman–Crippen LogP) is 14.6. The van der Waals surface area contributed by atoms with Crippen LogP contribution in [0.3, 0.4) is 0 Å². The standard InChI is InChI=1S/C48H32N2O2S/c1-4-14-33(15-5-1)34-26-28-37(29-27-34)49(35-16-6-2-7-17-35)41-22-12-20-39-40-21-13-23-42(48(40)53-47(39)41)50(36-18-8-3-9-19-36)38-30-31-45-46(32-38)52-44-25-11-10-24-43(44)51-45/h1-32H. The van der Waals surface area contributed by atoms with E-state index in [0.29, 0.717) is 17.2 Å². The second-order valence-corrected chi connectivity index (χ2v) is 14.0. The van der Waals surface area contributed by atoms with E-state index in [-0.39, 0.29) is 0 Å². The third kappa shape index (κ3) is 5.55. The van der Waals surface area contributed by atoms with Gasteiger partial charge in [0, 0.05) is 33.9 Å². The van der Waals surface area contributed by atoms with Crippen LogP contribution in [0.2, 0.25) is 0 Å². The summed E-state index contributed by atoms with van der Waals surface area (Å²) in [4.78, 5) is 4.69. The minimum atomic E-state index is 0.685. The van der Waals surface area contributed by atoms with E-state index in [4.69, 9.17) is 9.47 Å². The molecule has 2 heterocycles. The average molecular weight is 701 g/mol. The Balaban J connectivity index is 1.13. The van der Waals surface area contributed by atoms with Crippen molar-refractivity contribution in [3.8, 4) is 34.1 Å². The lowest BCUT2D eigenvalue weighted by atomic mass is 10.0. The normalized spacial score (nSPS) is 11.7. The van der Waals surface area contributed by atoms with Crippen molar-refractivity contribution in [3.63, 3.8) is 0 Å². The van der Waals surface area contributed by atoms with Crippen molar-refractivity contribution >= 4 is 65.6 Å². The van der Waals surface area contributed by atoms with Crippen LogP contribution in [-0.2, 0) is 0 Å². The Bertz CT molecular complexity index is 2730. The maximum Gasteiger partial charge on any atom is 0.172 e. The highest BCUT2D eigenvalue weighted by Gasteiger charge is 2.24. The molecule has 8 aromatic carbocycles. The van der Waals surface area contributed by atoms with Crippen LogP contribution in [0.1, 0.15) is 0 Å². The number of fused-ring (bicyclic) bond motifs is 5. The molecule has 0 atom stereocenters. The molecule has 0 radical (unpaired) electrons. The van der Waals surface area contributed by atoms with E-state index in [2.05, 4.69) is 174 Å². The Morgan fingerprint density at radius 1 is 0.321 bits per heavy atom. The lowest BCUT2D eigenvalue weighted by molar-refractivity contribution is 0.360. The Morgan fingerprint density at radius 2 is 0.755 bits per heavy atom. The summed E-state index contributed by atoms with van der Waals surface area (Å²) in [5.41, 5.74) is 8.87. The highest BCUT2D eigenvalue weighted by atomic mass is 32.1. The summed E-state index contributed by atoms with van der Waals surface area (Å²) in [6.45, 7) is 0. The average Bonchev–Trinajstić information content (AvgIpc) is 3.62. The van der Waals surface area contributed by atoms with Gasteiger partial charge in [0.1, 0.15) is 0 Å². The smallest absolute Gasteiger partial charge is 0.172 e. The van der Waals surface area contributed by atoms with Crippen LogP contribution in [0.15, 0.2) is 194 Å². The summed E-state index contributed by atoms with van der Waals surface area (Å²) in [5, 5.41) is 2.43. The molecule has 0 unspecified atom stereocenters. The van der Waals surface area contributed by atoms with Gasteiger partial charge in [0.25, 0.3) is 0 Å². The molecule has 53 heavy (non-hydrogen) atoms. The number of ether oxygens (including phenoxy) is 2. The van der Waals surface area contributed by atoms with E-state index in [1.54, 1.807) is 0 Å². The van der Waals surface area contributed by atoms with Crippen LogP contribution in [-0.4, -0.2) is 0 Å². The number of benzene rings is 8. The van der Waals surface area contributed by atoms with Gasteiger partial charge in [0.15, 0.2) is 23.0 Å². The zero-order chi connectivity index (χ0) is 35.1. The fourth-order valence-corrected chi connectivity index (χ4v) is 8.55. The van der Waals surface area contributed by atoms with Crippen molar-refractivity contribution in [1.29, 1.82) is 0 Å². The van der Waals surface area contributed by atoms with E-state index >= 15 is 0 Å². The molecule has 10 rings (SSSR count). The fraction of sp³-hybridized carbons (Fsp3) is 0. The molecule has 0 N–H and O–H groups in total. The molecule has 9 aromatic rings. The quantitative estimate of drug-likeness (QED) is 0.165. The van der Waals surface area contributed by atoms with Gasteiger partial charge in [-0.15, -0.1) is 11.3 Å². The van der Waals surface area contributed by atoms with Crippen molar-refractivity contribution in [1.82, 2.24) is 0 Å². The van der Waals surface area contributed by atoms with Crippen molar-refractivity contribution in [2.24, 2.45) is 0 Å². The Labute approximate surface area is 312 Å². The molecule has 252 valence electrons. The molecule has 0 aliphatic carbocycles. The van der Waals surface area contributed by atoms with E-state index in [1.807, 2.05) is 41.7 Å². The number of anilines is 6. The van der Waals surface area contributed by atoms with Crippen molar-refractivity contribution in [2.45, 2.75) is 0 Å². The number of hydrogen-bond donors (Lipinski definition) is 0. The first kappa shape index (κ1) is 31.0. The van der Waals surface area contributed by atoms with Crippen LogP contribution in [0.25, 0.3) is 31.3 Å². The van der Waals surface area contributed by atoms with Gasteiger partial charge >= 0.3 is 0 Å². The summed E-state index contributed by atoms with van der Waals surface area (Å²) >= 11 is 1.83. The molecule has 0 saturated heterocycles. The van der Waals surface area contributed by atoms with Crippen LogP contribution in [0.4, 0.5) is 34.1 Å². The molecule has 0 saturated carbocycles. The number of nitrogens with zero attached hydrogens (tertiary/aromatic N) is 2. The molecule has 1 aromatic heterocycles. The van der Waals surface area contributed by atoms with Gasteiger partial charge in [-0.25, -0.2) is 0 Å². The lowest BCUT2D eigenvalue weighted by Crippen LogP contribution is -2.10. The maximum absolute atomic E-state index is 6.38. The first-order valence-electron chi connectivity index (χ1n) is 17.7. The summed E-state index contributed by atoms with van der Waals surface area (Å²) in [6.07, 6.45) is 0. The first-order valence-corrected chi connectivity index (χ1v) is 18.5. The Kier molecular flexibility index (Phi) is 7.63. The SMILES string of the molecule is c1ccc(-c2ccc(N(c3ccccc3)c3cccc4c3sc3c(N(c5ccccc5)c5ccc6c(c5)Oc5ccccc5O6)cccc34)cc2)cc1. The van der Waals surface area contributed by atoms with Crippen molar-refractivity contribution in [3.05, 3.63) is 194 Å². The molecule has 1 aliphatic heterocycles. The van der Waals surface area contributed by atoms with Crippen molar-refractivity contribution < 1.29 is 9.47 Å². The Hall–Kier alpha value is -6.82. The first-order chi connectivity index (χ1) is 26.3. The van der Waals surface area contributed by atoms with Crippen molar-refractivity contribution in [2.75, 3.05) is 9.80 Å². The monoisotopic (exact) mass is 700 g/mol. The number of rotatable bonds is 7. The van der Waals surface area contributed by atoms with Gasteiger partial charge in [-0.3, -0.25) is 0 Å². The second kappa shape index (κ2) is 13.1. The molecular formula is C48H32N2O2S. The molecule has 0 spiro atoms. The van der Waals surface area contributed by atoms with Crippen LogP contribution in [0, 0.1) is 0 Å². The van der Waals surface area contributed by atoms with Gasteiger partial charge in [-0.2, -0.15) is 0 Å². The lowest BCUT2D eigenvalue weighted by Gasteiger charge is -2.28. The third-order valence-electron chi connectivity index (χ3n) is 9.70. The second-order valence-electron chi connectivity index (χ2n) is 12.9. The summed E-state index contributed by atoms with van der Waals surface area (Å²) in [7, 11) is 0. The highest BCUT2D eigenvalue weighted by molar-refractivity contribution is 7.27. The minimum absolute atomic E-state index is 0.685. The number of hydrogen-bond acceptors (Lipinski definition) is 5. The van der Waals surface area contributed by atoms with Crippen LogP contribution < -0.4 is 19.3 Å². The van der Waals surface area contributed by atoms with Gasteiger partial charge in [0.2, 0.25) is 0 Å². The zero-order valence-electron chi connectivity index (χ0n) is 28.6. The molecule has 1 aliphatic rings. The van der Waals surface area contributed by atoms with Crippen LogP contribution in [0.5, 0.6) is 23.0 Å². The number of thiophene rings is 1. The summed E-state index contributed by atoms with van der Waals surface area (Å²) in [5.74, 6) is 2.81. The van der Waals surface area contributed by atoms with Gasteiger partial charge < -0.3 is 19.3 Å². The van der Waals surface area contributed by atoms with Gasteiger partial charge in [-0.1, -0.05) is 115 Å². The molecule has 0 amide bonds. The highest BCUT2D eigenvalue weighted by Crippen LogP contribution is 2.51. The zero-order valence-corrected chi connectivity index (χ0v) is 29.4. The third-order valence-corrected chi connectivity index (χ3v) is 11.0. The molecule has 4 nitrogen and oxygen atoms in total. The molecule has 0 fully saturated rings. The van der Waals surface area contributed by atoms with Gasteiger partial charge in [0.05, 0.1) is 26.5 Å². The number of para-hydroxylation sites is 4. The summed E-state index contributed by atoms with van der Waals surface area (Å²) in [6, 6.07) is 67.8. The van der Waals surface area contributed by atoms with E-state index in [1.165, 1.54) is 31.3 Å². The van der Waals surface area contributed by atoms with Crippen LogP contribution >= 0.6 is 11.3 Å².